The Morgan fingerprint density at radius 1 is 0.400 bits per heavy atom. The number of allylic oxidation sites excluding steroid dienone is 10. The zero-order chi connectivity index (χ0) is 84.7. The fourth-order valence-electron chi connectivity index (χ4n) is 10.3. The molecule has 8 rings (SSSR count). The summed E-state index contributed by atoms with van der Waals surface area (Å²) in [6.45, 7) is 7.51. The second-order valence-electron chi connectivity index (χ2n) is 25.5. The zero-order valence-corrected chi connectivity index (χ0v) is 64.4. The van der Waals surface area contributed by atoms with Crippen molar-refractivity contribution in [1.29, 1.82) is 0 Å². The fraction of sp³-hybridized carbons (Fsp3) is 0.174. The summed E-state index contributed by atoms with van der Waals surface area (Å²) in [5.41, 5.74) is 9.77. The van der Waals surface area contributed by atoms with Crippen LogP contribution in [0.25, 0.3) is 48.6 Å². The number of hydrogen-bond donors (Lipinski definition) is 14. The van der Waals surface area contributed by atoms with Crippen LogP contribution in [0.1, 0.15) is 110 Å². The number of methoxy groups -OCH3 is 2. The van der Waals surface area contributed by atoms with Crippen molar-refractivity contribution >= 4 is 83.5 Å². The van der Waals surface area contributed by atoms with Crippen molar-refractivity contribution in [3.05, 3.63) is 319 Å². The maximum Gasteiger partial charge on any atom is 0.306 e. The van der Waals surface area contributed by atoms with Crippen LogP contribution in [0.5, 0.6) is 46.0 Å². The molecule has 0 heterocycles. The SMILES string of the molecule is CCOC(=O)CCC(C(=O)/C=C/c1ccc(O)c(CO)c1)=C(O)/C=C/c1ccc(O)c(C)c1.COc1cc(/C=C/C(=O)/C=C(O)/C=C/c2ccc(O)c(CO)c2)ccc1C.COc1cc(/C=C/C(=O)C(C(C)=O)C(O)/C=C/c2ccc(O)c(CO)c2)ccc1O.Cc1ccc(/C=C/C(=O)/C=C(O)/C=C/c2ccc(O)c(CO)c2)cc1. The van der Waals surface area contributed by atoms with E-state index in [1.807, 2.05) is 56.3 Å². The van der Waals surface area contributed by atoms with Crippen molar-refractivity contribution in [2.75, 3.05) is 20.8 Å². The Labute approximate surface area is 666 Å². The molecular formula is C92H94O23. The van der Waals surface area contributed by atoms with E-state index in [0.717, 1.165) is 40.2 Å². The summed E-state index contributed by atoms with van der Waals surface area (Å²) in [6.07, 6.45) is 23.9. The van der Waals surface area contributed by atoms with Gasteiger partial charge in [0.05, 0.1) is 53.4 Å². The van der Waals surface area contributed by atoms with Gasteiger partial charge in [-0.3, -0.25) is 28.8 Å². The summed E-state index contributed by atoms with van der Waals surface area (Å²) in [7, 11) is 2.99. The first-order valence-corrected chi connectivity index (χ1v) is 35.7. The topological polar surface area (TPSA) is 413 Å². The van der Waals surface area contributed by atoms with Crippen LogP contribution in [0.4, 0.5) is 0 Å². The Morgan fingerprint density at radius 3 is 1.22 bits per heavy atom. The molecule has 14 N–H and O–H groups in total. The van der Waals surface area contributed by atoms with E-state index < -0.39 is 35.3 Å². The number of aryl methyl sites for hydroxylation is 3. The number of ketones is 5. The molecule has 0 amide bonds. The molecule has 0 radical (unpaired) electrons. The van der Waals surface area contributed by atoms with Crippen molar-refractivity contribution in [3.8, 4) is 46.0 Å². The minimum atomic E-state index is -1.36. The van der Waals surface area contributed by atoms with Gasteiger partial charge in [-0.1, -0.05) is 133 Å². The molecule has 115 heavy (non-hydrogen) atoms. The lowest BCUT2D eigenvalue weighted by Gasteiger charge is -2.15. The van der Waals surface area contributed by atoms with Crippen molar-refractivity contribution in [2.24, 2.45) is 5.92 Å². The lowest BCUT2D eigenvalue weighted by Crippen LogP contribution is -2.31. The number of aliphatic hydroxyl groups excluding tert-OH is 8. The summed E-state index contributed by atoms with van der Waals surface area (Å²) >= 11 is 0. The van der Waals surface area contributed by atoms with Gasteiger partial charge in [-0.05, 0) is 218 Å². The van der Waals surface area contributed by atoms with Crippen LogP contribution in [-0.2, 0) is 59.9 Å². The number of esters is 1. The second kappa shape index (κ2) is 47.5. The molecule has 8 aromatic carbocycles. The first kappa shape index (κ1) is 91.9. The Kier molecular flexibility index (Phi) is 38.0. The van der Waals surface area contributed by atoms with Crippen molar-refractivity contribution in [1.82, 2.24) is 0 Å². The van der Waals surface area contributed by atoms with E-state index in [2.05, 4.69) is 0 Å². The Bertz CT molecular complexity index is 5060. The molecule has 0 aliphatic heterocycles. The number of aromatic hydroxyl groups is 6. The molecule has 600 valence electrons. The van der Waals surface area contributed by atoms with Crippen LogP contribution in [0, 0.1) is 26.7 Å². The predicted molar refractivity (Wildman–Crippen MR) is 442 cm³/mol. The van der Waals surface area contributed by atoms with Crippen molar-refractivity contribution < 1.29 is 114 Å². The van der Waals surface area contributed by atoms with Crippen molar-refractivity contribution in [3.63, 3.8) is 0 Å². The Morgan fingerprint density at radius 2 is 0.774 bits per heavy atom. The Balaban J connectivity index is 0.000000275. The van der Waals surface area contributed by atoms with Gasteiger partial charge in [0.15, 0.2) is 34.6 Å². The van der Waals surface area contributed by atoms with E-state index in [1.165, 1.54) is 135 Å². The van der Waals surface area contributed by atoms with Gasteiger partial charge in [0.25, 0.3) is 0 Å². The normalized spacial score (nSPS) is 12.5. The molecule has 23 heteroatoms. The second-order valence-corrected chi connectivity index (χ2v) is 25.5. The first-order chi connectivity index (χ1) is 54.9. The number of hydrogen-bond acceptors (Lipinski definition) is 23. The van der Waals surface area contributed by atoms with Gasteiger partial charge >= 0.3 is 5.97 Å². The predicted octanol–water partition coefficient (Wildman–Crippen LogP) is 14.7. The molecule has 0 saturated carbocycles. The highest BCUT2D eigenvalue weighted by Gasteiger charge is 2.28. The third-order valence-corrected chi connectivity index (χ3v) is 16.7. The number of phenols is 6. The maximum absolute atomic E-state index is 12.8. The average molecular weight is 1570 g/mol. The molecule has 0 spiro atoms. The third-order valence-electron chi connectivity index (χ3n) is 16.7. The number of benzene rings is 8. The van der Waals surface area contributed by atoms with Crippen molar-refractivity contribution in [2.45, 2.75) is 80.0 Å². The highest BCUT2D eigenvalue weighted by molar-refractivity contribution is 6.09. The van der Waals surface area contributed by atoms with Crippen LogP contribution in [0.2, 0.25) is 0 Å². The highest BCUT2D eigenvalue weighted by atomic mass is 16.5. The number of phenolic OH excluding ortho intramolecular Hbond substituents is 2. The molecule has 0 aromatic heterocycles. The van der Waals surface area contributed by atoms with E-state index in [1.54, 1.807) is 106 Å². The van der Waals surface area contributed by atoms with Gasteiger partial charge in [0.2, 0.25) is 0 Å². The molecule has 2 atom stereocenters. The van der Waals surface area contributed by atoms with Crippen LogP contribution >= 0.6 is 0 Å². The number of Topliss-reactive ketones (excluding diaryl/α,β-unsaturated/α-hetero) is 1. The van der Waals surface area contributed by atoms with Crippen LogP contribution in [0.15, 0.2) is 235 Å². The summed E-state index contributed by atoms with van der Waals surface area (Å²) in [6, 6.07) is 41.2. The molecular weight excluding hydrogens is 1470 g/mol. The van der Waals surface area contributed by atoms with Crippen LogP contribution in [-0.4, -0.2) is 133 Å². The van der Waals surface area contributed by atoms with Crippen LogP contribution < -0.4 is 9.47 Å². The minimum Gasteiger partial charge on any atom is -0.508 e. The minimum absolute atomic E-state index is 0.00228. The van der Waals surface area contributed by atoms with Gasteiger partial charge in [0.1, 0.15) is 63.5 Å². The number of ether oxygens (including phenoxy) is 3. The molecule has 23 nitrogen and oxygen atoms in total. The zero-order valence-electron chi connectivity index (χ0n) is 64.4. The highest BCUT2D eigenvalue weighted by Crippen LogP contribution is 2.29. The molecule has 0 aliphatic rings. The Hall–Kier alpha value is -13.7. The molecule has 8 aromatic rings. The molecule has 0 fully saturated rings. The smallest absolute Gasteiger partial charge is 0.306 e. The van der Waals surface area contributed by atoms with E-state index >= 15 is 0 Å². The lowest BCUT2D eigenvalue weighted by atomic mass is 9.92. The number of carbonyl (C=O) groups excluding carboxylic acids is 6. The summed E-state index contributed by atoms with van der Waals surface area (Å²) in [5, 5.41) is 135. The van der Waals surface area contributed by atoms with Gasteiger partial charge in [0, 0.05) is 46.4 Å². The van der Waals surface area contributed by atoms with Gasteiger partial charge in [-0.15, -0.1) is 0 Å². The summed E-state index contributed by atoms with van der Waals surface area (Å²) in [5.74, 6) is -3.70. The number of aliphatic hydroxyl groups is 8. The molecule has 0 saturated heterocycles. The quantitative estimate of drug-likeness (QED) is 0.00612. The largest absolute Gasteiger partial charge is 0.508 e. The lowest BCUT2D eigenvalue weighted by molar-refractivity contribution is -0.143. The van der Waals surface area contributed by atoms with Crippen LogP contribution in [0.3, 0.4) is 0 Å². The summed E-state index contributed by atoms with van der Waals surface area (Å²) in [4.78, 5) is 72.9. The molecule has 0 bridgehead atoms. The summed E-state index contributed by atoms with van der Waals surface area (Å²) < 4.78 is 15.2. The standard InChI is InChI=1S/C26H28O7.C23H24O7.C22H22O5.C21H20O4/c1-3-33-26(32)13-8-21(24(30)11-6-18-4-9-22(28)17(2)14-18)25(31)12-7-19-5-10-23(29)20(15-19)16-27;1-14(25)23(20(28)9-5-15-3-7-18(26)17(11-15)13-24)21(29)10-6-16-4-8-19(27)22(12-16)30-2;1-15-3-4-17(12-22(15)27-2)6-9-20(25)13-19(24)8-5-16-7-10-21(26)18(11-16)14-23;1-15-2-4-16(5-3-15)6-9-19(23)13-20(24)10-7-17-8-11-21(25)18(12-17)14-22/h4-7,9-12,14-15,27-30H,3,8,13,16H2,1-2H3;3-12,20,23-24,26-28H,13H2,1-2H3;3-13,23-24,26H,14H2,1-2H3;2-13,22,24-25H,14H2,1H3/b11-6+,12-7+,24-21?;9-5+,10-6+;8-5+,9-6+,19-13-;9-6+,10-7+,20-13-. The number of carbonyl (C=O) groups is 6. The van der Waals surface area contributed by atoms with E-state index in [-0.39, 0.29) is 121 Å². The number of rotatable bonds is 32. The average Bonchev–Trinajstić information content (AvgIpc) is 0.856. The first-order valence-electron chi connectivity index (χ1n) is 35.7. The van der Waals surface area contributed by atoms with E-state index in [9.17, 15) is 90.0 Å². The van der Waals surface area contributed by atoms with Gasteiger partial charge in [-0.25, -0.2) is 0 Å². The molecule has 0 aliphatic carbocycles. The van der Waals surface area contributed by atoms with Gasteiger partial charge in [-0.2, -0.15) is 0 Å². The van der Waals surface area contributed by atoms with Gasteiger partial charge < -0.3 is 85.7 Å². The third kappa shape index (κ3) is 31.6. The molecule has 2 unspecified atom stereocenters. The van der Waals surface area contributed by atoms with E-state index in [0.29, 0.717) is 61.2 Å². The monoisotopic (exact) mass is 1570 g/mol. The maximum atomic E-state index is 12.8. The van der Waals surface area contributed by atoms with E-state index in [4.69, 9.17) is 24.4 Å². The fourth-order valence-corrected chi connectivity index (χ4v) is 10.3.